The lowest BCUT2D eigenvalue weighted by Crippen LogP contribution is -2.43. The first-order valence-corrected chi connectivity index (χ1v) is 7.13. The molecular weight excluding hydrogens is 238 g/mol. The van der Waals surface area contributed by atoms with E-state index in [1.54, 1.807) is 7.11 Å². The van der Waals surface area contributed by atoms with Crippen LogP contribution in [0.15, 0.2) is 18.2 Å². The summed E-state index contributed by atoms with van der Waals surface area (Å²) in [4.78, 5) is 2.23. The highest BCUT2D eigenvalue weighted by molar-refractivity contribution is 5.60. The van der Waals surface area contributed by atoms with Crippen molar-refractivity contribution in [1.29, 1.82) is 0 Å². The van der Waals surface area contributed by atoms with Crippen molar-refractivity contribution in [2.24, 2.45) is 5.41 Å². The van der Waals surface area contributed by atoms with Crippen LogP contribution in [-0.4, -0.2) is 32.4 Å². The van der Waals surface area contributed by atoms with Crippen molar-refractivity contribution in [3.8, 4) is 5.75 Å². The summed E-state index contributed by atoms with van der Waals surface area (Å²) >= 11 is 0. The third kappa shape index (κ3) is 2.86. The number of benzene rings is 1. The summed E-state index contributed by atoms with van der Waals surface area (Å²) in [6.07, 6.45) is 4.52. The highest BCUT2D eigenvalue weighted by Crippen LogP contribution is 2.42. The van der Waals surface area contributed by atoms with E-state index in [4.69, 9.17) is 4.74 Å². The maximum absolute atomic E-state index is 9.60. The van der Waals surface area contributed by atoms with Crippen LogP contribution < -0.4 is 9.64 Å². The molecule has 0 spiro atoms. The third-order valence-electron chi connectivity index (χ3n) is 4.38. The Balaban J connectivity index is 2.19. The monoisotopic (exact) mass is 263 g/mol. The van der Waals surface area contributed by atoms with E-state index in [1.165, 1.54) is 12.0 Å². The molecule has 19 heavy (non-hydrogen) atoms. The van der Waals surface area contributed by atoms with Crippen LogP contribution in [0.3, 0.4) is 0 Å². The number of aliphatic hydroxyl groups excluding tert-OH is 1. The molecule has 0 saturated heterocycles. The highest BCUT2D eigenvalue weighted by Gasteiger charge is 2.37. The zero-order valence-electron chi connectivity index (χ0n) is 12.3. The fraction of sp³-hybridized carbons (Fsp3) is 0.625. The first-order valence-electron chi connectivity index (χ1n) is 7.13. The van der Waals surface area contributed by atoms with Crippen molar-refractivity contribution in [3.05, 3.63) is 23.8 Å². The molecule has 0 atom stereocenters. The quantitative estimate of drug-likeness (QED) is 0.856. The number of ether oxygens (including phenoxy) is 1. The standard InChI is InChI=1S/C16H25NO2/c1-4-13-6-7-15(19-3)14(10-13)17(2)11-16(12-18)8-5-9-16/h6-7,10,18H,4-5,8-9,11-12H2,1-3H3. The second-order valence-corrected chi connectivity index (χ2v) is 5.73. The molecule has 0 unspecified atom stereocenters. The van der Waals surface area contributed by atoms with E-state index in [2.05, 4.69) is 31.0 Å². The van der Waals surface area contributed by atoms with E-state index in [-0.39, 0.29) is 12.0 Å². The fourth-order valence-electron chi connectivity index (χ4n) is 2.89. The van der Waals surface area contributed by atoms with E-state index >= 15 is 0 Å². The maximum atomic E-state index is 9.60. The van der Waals surface area contributed by atoms with Gasteiger partial charge in [-0.05, 0) is 37.0 Å². The molecule has 1 aromatic carbocycles. The van der Waals surface area contributed by atoms with Crippen molar-refractivity contribution in [3.63, 3.8) is 0 Å². The number of hydrogen-bond acceptors (Lipinski definition) is 3. The Morgan fingerprint density at radius 1 is 1.37 bits per heavy atom. The molecule has 1 aromatic rings. The molecule has 1 saturated carbocycles. The highest BCUT2D eigenvalue weighted by atomic mass is 16.5. The molecule has 3 heteroatoms. The van der Waals surface area contributed by atoms with Crippen molar-refractivity contribution in [2.75, 3.05) is 32.2 Å². The van der Waals surface area contributed by atoms with Gasteiger partial charge in [-0.15, -0.1) is 0 Å². The van der Waals surface area contributed by atoms with Crippen molar-refractivity contribution in [2.45, 2.75) is 32.6 Å². The van der Waals surface area contributed by atoms with Crippen LogP contribution >= 0.6 is 0 Å². The minimum atomic E-state index is 0.0992. The Labute approximate surface area is 116 Å². The number of aryl methyl sites for hydroxylation is 1. The van der Waals surface area contributed by atoms with Crippen LogP contribution in [0.5, 0.6) is 5.75 Å². The first kappa shape index (κ1) is 14.2. The molecule has 2 rings (SSSR count). The average molecular weight is 263 g/mol. The van der Waals surface area contributed by atoms with Crippen LogP contribution in [0.4, 0.5) is 5.69 Å². The smallest absolute Gasteiger partial charge is 0.142 e. The van der Waals surface area contributed by atoms with Gasteiger partial charge in [0, 0.05) is 19.0 Å². The number of nitrogens with zero attached hydrogens (tertiary/aromatic N) is 1. The minimum absolute atomic E-state index is 0.0992. The molecule has 0 bridgehead atoms. The normalized spacial score (nSPS) is 16.8. The summed E-state index contributed by atoms with van der Waals surface area (Å²) in [5, 5.41) is 9.60. The van der Waals surface area contributed by atoms with E-state index in [9.17, 15) is 5.11 Å². The molecule has 1 N–H and O–H groups in total. The second-order valence-electron chi connectivity index (χ2n) is 5.73. The summed E-state index contributed by atoms with van der Waals surface area (Å²) in [6.45, 7) is 3.34. The van der Waals surface area contributed by atoms with Crippen LogP contribution in [0, 0.1) is 5.41 Å². The second kappa shape index (κ2) is 5.83. The molecular formula is C16H25NO2. The van der Waals surface area contributed by atoms with Gasteiger partial charge in [-0.25, -0.2) is 0 Å². The summed E-state index contributed by atoms with van der Waals surface area (Å²) in [5.41, 5.74) is 2.54. The summed E-state index contributed by atoms with van der Waals surface area (Å²) in [6, 6.07) is 6.35. The third-order valence-corrected chi connectivity index (χ3v) is 4.38. The van der Waals surface area contributed by atoms with Gasteiger partial charge in [-0.2, -0.15) is 0 Å². The topological polar surface area (TPSA) is 32.7 Å². The van der Waals surface area contributed by atoms with E-state index < -0.39 is 0 Å². The summed E-state index contributed by atoms with van der Waals surface area (Å²) < 4.78 is 5.46. The number of methoxy groups -OCH3 is 1. The lowest BCUT2D eigenvalue weighted by molar-refractivity contribution is 0.0523. The van der Waals surface area contributed by atoms with E-state index in [0.29, 0.717) is 0 Å². The molecule has 1 aliphatic rings. The Kier molecular flexibility index (Phi) is 4.35. The van der Waals surface area contributed by atoms with Crippen LogP contribution in [0.2, 0.25) is 0 Å². The molecule has 1 fully saturated rings. The molecule has 106 valence electrons. The van der Waals surface area contributed by atoms with Crippen LogP contribution in [-0.2, 0) is 6.42 Å². The van der Waals surface area contributed by atoms with Crippen LogP contribution in [0.25, 0.3) is 0 Å². The Morgan fingerprint density at radius 3 is 2.58 bits per heavy atom. The van der Waals surface area contributed by atoms with Crippen molar-refractivity contribution < 1.29 is 9.84 Å². The van der Waals surface area contributed by atoms with Crippen molar-refractivity contribution >= 4 is 5.69 Å². The van der Waals surface area contributed by atoms with Gasteiger partial charge in [0.25, 0.3) is 0 Å². The molecule has 0 heterocycles. The summed E-state index contributed by atoms with van der Waals surface area (Å²) in [7, 11) is 3.80. The number of anilines is 1. The van der Waals surface area contributed by atoms with Gasteiger partial charge in [0.1, 0.15) is 5.75 Å². The van der Waals surface area contributed by atoms with E-state index in [0.717, 1.165) is 37.2 Å². The Hall–Kier alpha value is -1.22. The SMILES string of the molecule is CCc1ccc(OC)c(N(C)CC2(CO)CCC2)c1. The fourth-order valence-corrected chi connectivity index (χ4v) is 2.89. The van der Waals surface area contributed by atoms with Gasteiger partial charge in [0.05, 0.1) is 19.4 Å². The molecule has 1 aliphatic carbocycles. The summed E-state index contributed by atoms with van der Waals surface area (Å²) in [5.74, 6) is 0.909. The Bertz CT molecular complexity index is 421. The van der Waals surface area contributed by atoms with Gasteiger partial charge in [0.2, 0.25) is 0 Å². The van der Waals surface area contributed by atoms with E-state index in [1.807, 2.05) is 6.07 Å². The number of aliphatic hydroxyl groups is 1. The molecule has 0 amide bonds. The molecule has 3 nitrogen and oxygen atoms in total. The molecule has 0 radical (unpaired) electrons. The lowest BCUT2D eigenvalue weighted by atomic mass is 9.69. The predicted octanol–water partition coefficient (Wildman–Crippen LogP) is 2.86. The van der Waals surface area contributed by atoms with Crippen molar-refractivity contribution in [1.82, 2.24) is 0 Å². The Morgan fingerprint density at radius 2 is 2.11 bits per heavy atom. The van der Waals surface area contributed by atoms with Crippen LogP contribution in [0.1, 0.15) is 31.7 Å². The lowest BCUT2D eigenvalue weighted by Gasteiger charge is -2.43. The zero-order chi connectivity index (χ0) is 13.9. The first-order chi connectivity index (χ1) is 9.14. The average Bonchev–Trinajstić information content (AvgIpc) is 2.41. The van der Waals surface area contributed by atoms with Gasteiger partial charge in [-0.3, -0.25) is 0 Å². The predicted molar refractivity (Wildman–Crippen MR) is 79.0 cm³/mol. The number of hydrogen-bond donors (Lipinski definition) is 1. The van der Waals surface area contributed by atoms with Gasteiger partial charge < -0.3 is 14.7 Å². The van der Waals surface area contributed by atoms with Gasteiger partial charge >= 0.3 is 0 Å². The zero-order valence-corrected chi connectivity index (χ0v) is 12.3. The number of rotatable bonds is 6. The minimum Gasteiger partial charge on any atom is -0.495 e. The largest absolute Gasteiger partial charge is 0.495 e. The van der Waals surface area contributed by atoms with Gasteiger partial charge in [-0.1, -0.05) is 19.4 Å². The molecule has 0 aliphatic heterocycles. The van der Waals surface area contributed by atoms with Gasteiger partial charge in [0.15, 0.2) is 0 Å². The maximum Gasteiger partial charge on any atom is 0.142 e. The molecule has 0 aromatic heterocycles.